The summed E-state index contributed by atoms with van der Waals surface area (Å²) in [6, 6.07) is 5.59. The van der Waals surface area contributed by atoms with Crippen molar-refractivity contribution in [1.82, 2.24) is 15.0 Å². The second kappa shape index (κ2) is 4.41. The predicted molar refractivity (Wildman–Crippen MR) is 69.0 cm³/mol. The molecular weight excluding hydrogens is 234 g/mol. The van der Waals surface area contributed by atoms with Gasteiger partial charge in [0, 0.05) is 23.4 Å². The molecule has 2 heterocycles. The molecule has 2 rings (SSSR count). The Labute approximate surface area is 106 Å². The van der Waals surface area contributed by atoms with Crippen molar-refractivity contribution >= 4 is 11.6 Å². The molecule has 0 aliphatic rings. The molecule has 4 heteroatoms. The molecule has 0 aliphatic heterocycles. The summed E-state index contributed by atoms with van der Waals surface area (Å²) in [7, 11) is 0. The van der Waals surface area contributed by atoms with Crippen molar-refractivity contribution in [3.8, 4) is 11.4 Å². The number of halogens is 1. The first kappa shape index (κ1) is 12.0. The molecular formula is C13H14ClN3. The molecule has 0 saturated carbocycles. The number of aromatic nitrogens is 3. The zero-order chi connectivity index (χ0) is 12.5. The van der Waals surface area contributed by atoms with Crippen LogP contribution in [0.3, 0.4) is 0 Å². The minimum Gasteiger partial charge on any atom is -0.264 e. The smallest absolute Gasteiger partial charge is 0.162 e. The summed E-state index contributed by atoms with van der Waals surface area (Å²) >= 11 is 6.03. The fourth-order valence-corrected chi connectivity index (χ4v) is 1.61. The molecule has 0 radical (unpaired) electrons. The van der Waals surface area contributed by atoms with Crippen LogP contribution in [0.4, 0.5) is 0 Å². The van der Waals surface area contributed by atoms with Crippen LogP contribution < -0.4 is 0 Å². The number of pyridine rings is 1. The van der Waals surface area contributed by atoms with Gasteiger partial charge in [0.15, 0.2) is 5.82 Å². The van der Waals surface area contributed by atoms with Gasteiger partial charge in [-0.1, -0.05) is 32.4 Å². The van der Waals surface area contributed by atoms with E-state index in [1.165, 1.54) is 0 Å². The fraction of sp³-hybridized carbons (Fsp3) is 0.308. The topological polar surface area (TPSA) is 38.7 Å². The molecule has 0 N–H and O–H groups in total. The third-order valence-corrected chi connectivity index (χ3v) is 2.58. The zero-order valence-corrected chi connectivity index (χ0v) is 10.9. The Kier molecular flexibility index (Phi) is 3.11. The van der Waals surface area contributed by atoms with Gasteiger partial charge in [0.25, 0.3) is 0 Å². The summed E-state index contributed by atoms with van der Waals surface area (Å²) in [6.45, 7) is 6.29. The normalized spacial score (nSPS) is 11.5. The molecule has 0 fully saturated rings. The Hall–Kier alpha value is -1.48. The third-order valence-electron chi connectivity index (χ3n) is 2.38. The van der Waals surface area contributed by atoms with Gasteiger partial charge in [-0.15, -0.1) is 0 Å². The van der Waals surface area contributed by atoms with Crippen LogP contribution >= 0.6 is 11.6 Å². The molecule has 0 saturated heterocycles. The lowest BCUT2D eigenvalue weighted by Crippen LogP contribution is -2.14. The minimum absolute atomic E-state index is 0.0520. The van der Waals surface area contributed by atoms with Gasteiger partial charge in [-0.25, -0.2) is 9.97 Å². The van der Waals surface area contributed by atoms with Gasteiger partial charge in [0.2, 0.25) is 0 Å². The maximum atomic E-state index is 6.03. The first-order valence-corrected chi connectivity index (χ1v) is 5.80. The zero-order valence-electron chi connectivity index (χ0n) is 10.1. The lowest BCUT2D eigenvalue weighted by Gasteiger charge is -2.18. The lowest BCUT2D eigenvalue weighted by atomic mass is 9.92. The van der Waals surface area contributed by atoms with E-state index in [1.807, 2.05) is 12.1 Å². The van der Waals surface area contributed by atoms with Crippen molar-refractivity contribution in [3.63, 3.8) is 0 Å². The van der Waals surface area contributed by atoms with Gasteiger partial charge in [0.1, 0.15) is 5.15 Å². The lowest BCUT2D eigenvalue weighted by molar-refractivity contribution is 0.568. The van der Waals surface area contributed by atoms with E-state index in [9.17, 15) is 0 Å². The molecule has 0 unspecified atom stereocenters. The van der Waals surface area contributed by atoms with E-state index < -0.39 is 0 Å². The number of nitrogens with zero attached hydrogens (tertiary/aromatic N) is 3. The van der Waals surface area contributed by atoms with Crippen LogP contribution in [0.1, 0.15) is 26.5 Å². The summed E-state index contributed by atoms with van der Waals surface area (Å²) in [4.78, 5) is 12.8. The molecule has 0 aliphatic carbocycles. The van der Waals surface area contributed by atoms with Crippen LogP contribution in [0.15, 0.2) is 30.6 Å². The van der Waals surface area contributed by atoms with E-state index in [-0.39, 0.29) is 5.41 Å². The number of rotatable bonds is 1. The van der Waals surface area contributed by atoms with Crippen molar-refractivity contribution in [2.75, 3.05) is 0 Å². The van der Waals surface area contributed by atoms with E-state index in [0.717, 1.165) is 11.3 Å². The highest BCUT2D eigenvalue weighted by Gasteiger charge is 2.18. The Bertz CT molecular complexity index is 518. The summed E-state index contributed by atoms with van der Waals surface area (Å²) in [5, 5.41) is 0.462. The molecule has 3 nitrogen and oxygen atoms in total. The van der Waals surface area contributed by atoms with Crippen molar-refractivity contribution < 1.29 is 0 Å². The fourth-order valence-electron chi connectivity index (χ4n) is 1.43. The van der Waals surface area contributed by atoms with Crippen molar-refractivity contribution in [1.29, 1.82) is 0 Å². The van der Waals surface area contributed by atoms with Gasteiger partial charge in [-0.3, -0.25) is 4.98 Å². The third kappa shape index (κ3) is 2.80. The Balaban J connectivity index is 2.54. The Morgan fingerprint density at radius 2 is 1.94 bits per heavy atom. The van der Waals surface area contributed by atoms with Crippen molar-refractivity contribution in [3.05, 3.63) is 41.4 Å². The summed E-state index contributed by atoms with van der Waals surface area (Å²) < 4.78 is 0. The maximum absolute atomic E-state index is 6.03. The van der Waals surface area contributed by atoms with E-state index in [0.29, 0.717) is 11.0 Å². The van der Waals surface area contributed by atoms with Gasteiger partial charge >= 0.3 is 0 Å². The van der Waals surface area contributed by atoms with E-state index in [1.54, 1.807) is 18.5 Å². The highest BCUT2D eigenvalue weighted by atomic mass is 35.5. The van der Waals surface area contributed by atoms with E-state index >= 15 is 0 Å². The quantitative estimate of drug-likeness (QED) is 0.724. The largest absolute Gasteiger partial charge is 0.264 e. The van der Waals surface area contributed by atoms with Crippen LogP contribution in [0, 0.1) is 0 Å². The Morgan fingerprint density at radius 3 is 2.53 bits per heavy atom. The molecule has 0 bridgehead atoms. The molecule has 0 amide bonds. The standard InChI is InChI=1S/C13H14ClN3/c1-13(2,3)10-7-11(14)17-12(16-10)9-5-4-6-15-8-9/h4-8H,1-3H3. The predicted octanol–water partition coefficient (Wildman–Crippen LogP) is 3.49. The van der Waals surface area contributed by atoms with Gasteiger partial charge in [-0.2, -0.15) is 0 Å². The SMILES string of the molecule is CC(C)(C)c1cc(Cl)nc(-c2cccnc2)n1. The van der Waals surface area contributed by atoms with Gasteiger partial charge in [0.05, 0.1) is 5.69 Å². The average Bonchev–Trinajstić information content (AvgIpc) is 2.28. The van der Waals surface area contributed by atoms with E-state index in [2.05, 4.69) is 35.7 Å². The van der Waals surface area contributed by atoms with Gasteiger partial charge < -0.3 is 0 Å². The Morgan fingerprint density at radius 1 is 1.18 bits per heavy atom. The minimum atomic E-state index is -0.0520. The van der Waals surface area contributed by atoms with Gasteiger partial charge in [-0.05, 0) is 18.2 Å². The average molecular weight is 248 g/mol. The molecule has 0 atom stereocenters. The number of hydrogen-bond donors (Lipinski definition) is 0. The molecule has 88 valence electrons. The highest BCUT2D eigenvalue weighted by molar-refractivity contribution is 6.29. The molecule has 2 aromatic heterocycles. The van der Waals surface area contributed by atoms with Crippen LogP contribution in [-0.2, 0) is 5.41 Å². The van der Waals surface area contributed by atoms with E-state index in [4.69, 9.17) is 11.6 Å². The summed E-state index contributed by atoms with van der Waals surface area (Å²) in [5.74, 6) is 0.621. The molecule has 0 aromatic carbocycles. The monoisotopic (exact) mass is 247 g/mol. The second-order valence-corrected chi connectivity index (χ2v) is 5.28. The maximum Gasteiger partial charge on any atom is 0.162 e. The number of hydrogen-bond acceptors (Lipinski definition) is 3. The van der Waals surface area contributed by atoms with Crippen molar-refractivity contribution in [2.45, 2.75) is 26.2 Å². The first-order chi connectivity index (χ1) is 7.97. The van der Waals surface area contributed by atoms with Crippen LogP contribution in [0.2, 0.25) is 5.15 Å². The summed E-state index contributed by atoms with van der Waals surface area (Å²) in [5.41, 5.74) is 1.75. The highest BCUT2D eigenvalue weighted by Crippen LogP contribution is 2.25. The van der Waals surface area contributed by atoms with Crippen molar-refractivity contribution in [2.24, 2.45) is 0 Å². The second-order valence-electron chi connectivity index (χ2n) is 4.89. The van der Waals surface area contributed by atoms with Crippen LogP contribution in [0.5, 0.6) is 0 Å². The molecule has 17 heavy (non-hydrogen) atoms. The first-order valence-electron chi connectivity index (χ1n) is 5.42. The molecule has 2 aromatic rings. The summed E-state index contributed by atoms with van der Waals surface area (Å²) in [6.07, 6.45) is 3.46. The molecule has 0 spiro atoms. The van der Waals surface area contributed by atoms with Crippen LogP contribution in [0.25, 0.3) is 11.4 Å². The van der Waals surface area contributed by atoms with Crippen LogP contribution in [-0.4, -0.2) is 15.0 Å².